The van der Waals surface area contributed by atoms with Crippen molar-refractivity contribution in [3.05, 3.63) is 12.2 Å². The number of nitrogens with one attached hydrogen (secondary N) is 1. The fourth-order valence-electron chi connectivity index (χ4n) is 8.66. The number of aliphatic hydroxyl groups excluding tert-OH is 2. The Balaban J connectivity index is 4.46. The average molecular weight is 862 g/mol. The van der Waals surface area contributed by atoms with E-state index in [9.17, 15) is 19.8 Å². The summed E-state index contributed by atoms with van der Waals surface area (Å²) in [6.07, 6.45) is 55.7. The molecule has 6 heteroatoms. The van der Waals surface area contributed by atoms with Gasteiger partial charge in [-0.15, -0.1) is 0 Å². The van der Waals surface area contributed by atoms with Crippen molar-refractivity contribution >= 4 is 11.9 Å². The Morgan fingerprint density at radius 1 is 0.459 bits per heavy atom. The zero-order valence-electron chi connectivity index (χ0n) is 41.3. The monoisotopic (exact) mass is 862 g/mol. The molecule has 0 heterocycles. The van der Waals surface area contributed by atoms with Crippen LogP contribution in [0.2, 0.25) is 0 Å². The maximum atomic E-state index is 13.2. The highest BCUT2D eigenvalue weighted by atomic mass is 16.5. The second-order valence-corrected chi connectivity index (χ2v) is 19.0. The molecule has 0 aliphatic heterocycles. The molecule has 1 amide bonds. The molecule has 0 aromatic rings. The second kappa shape index (κ2) is 49.6. The molecule has 0 saturated carbocycles. The number of aliphatic hydroxyl groups is 2. The van der Waals surface area contributed by atoms with E-state index in [1.54, 1.807) is 0 Å². The summed E-state index contributed by atoms with van der Waals surface area (Å²) in [5, 5.41) is 23.7. The lowest BCUT2D eigenvalue weighted by Gasteiger charge is -2.24. The zero-order valence-corrected chi connectivity index (χ0v) is 41.3. The van der Waals surface area contributed by atoms with Crippen molar-refractivity contribution < 1.29 is 24.5 Å². The lowest BCUT2D eigenvalue weighted by Crippen LogP contribution is -2.46. The minimum Gasteiger partial charge on any atom is -0.462 e. The molecule has 3 atom stereocenters. The predicted molar refractivity (Wildman–Crippen MR) is 264 cm³/mol. The highest BCUT2D eigenvalue weighted by Crippen LogP contribution is 2.19. The Bertz CT molecular complexity index is 924. The zero-order chi connectivity index (χ0) is 44.5. The summed E-state index contributed by atoms with van der Waals surface area (Å²) in [5.41, 5.74) is 0. The second-order valence-electron chi connectivity index (χ2n) is 19.0. The van der Waals surface area contributed by atoms with Crippen LogP contribution in [0.15, 0.2) is 12.2 Å². The van der Waals surface area contributed by atoms with E-state index in [1.165, 1.54) is 212 Å². The topological polar surface area (TPSA) is 95.9 Å². The highest BCUT2D eigenvalue weighted by Gasteiger charge is 2.24. The lowest BCUT2D eigenvalue weighted by atomic mass is 10.0. The van der Waals surface area contributed by atoms with Crippen LogP contribution in [0.3, 0.4) is 0 Å². The molecule has 0 aromatic heterocycles. The van der Waals surface area contributed by atoms with E-state index in [0.717, 1.165) is 44.9 Å². The predicted octanol–water partition coefficient (Wildman–Crippen LogP) is 16.5. The van der Waals surface area contributed by atoms with Crippen molar-refractivity contribution in [2.75, 3.05) is 6.61 Å². The van der Waals surface area contributed by atoms with Gasteiger partial charge < -0.3 is 20.3 Å². The fraction of sp³-hybridized carbons (Fsp3) is 0.927. The van der Waals surface area contributed by atoms with Crippen LogP contribution in [-0.4, -0.2) is 46.9 Å². The van der Waals surface area contributed by atoms with Crippen LogP contribution < -0.4 is 5.32 Å². The van der Waals surface area contributed by atoms with Gasteiger partial charge in [-0.25, -0.2) is 0 Å². The van der Waals surface area contributed by atoms with E-state index in [2.05, 4.69) is 38.2 Å². The van der Waals surface area contributed by atoms with Crippen LogP contribution in [0.4, 0.5) is 0 Å². The van der Waals surface area contributed by atoms with E-state index >= 15 is 0 Å². The molecule has 0 fully saturated rings. The highest BCUT2D eigenvalue weighted by molar-refractivity contribution is 5.77. The fourth-order valence-corrected chi connectivity index (χ4v) is 8.66. The van der Waals surface area contributed by atoms with E-state index < -0.39 is 18.2 Å². The van der Waals surface area contributed by atoms with Crippen LogP contribution in [0.25, 0.3) is 0 Å². The number of hydrogen-bond donors (Lipinski definition) is 3. The molecule has 6 nitrogen and oxygen atoms in total. The standard InChI is InChI=1S/C55H107NO5/c1-4-7-10-13-16-19-21-23-25-26-27-28-29-31-33-36-39-42-45-48-55(60)61-51(46-43-40-37-35-32-30-24-22-20-17-14-11-8-5-2)49-54(59)56-52(50-57)53(58)47-44-41-38-34-18-15-12-9-6-3/h23,25,51-53,57-58H,4-22,24,26-50H2,1-3H3,(H,56,59)/b25-23+. The number of hydrogen-bond acceptors (Lipinski definition) is 5. The summed E-state index contributed by atoms with van der Waals surface area (Å²) in [6.45, 7) is 6.49. The SMILES string of the molecule is CCCCCCCC/C=C/CCCCCCCCCCCC(=O)OC(CCCCCCCCCCCCCCCC)CC(=O)NC(CO)C(O)CCCCCCCCCCC. The van der Waals surface area contributed by atoms with Crippen molar-refractivity contribution in [3.63, 3.8) is 0 Å². The third-order valence-electron chi connectivity index (χ3n) is 12.8. The summed E-state index contributed by atoms with van der Waals surface area (Å²) >= 11 is 0. The number of ether oxygens (including phenoxy) is 1. The van der Waals surface area contributed by atoms with Crippen LogP contribution in [0.1, 0.15) is 303 Å². The van der Waals surface area contributed by atoms with Crippen molar-refractivity contribution in [2.24, 2.45) is 0 Å². The first kappa shape index (κ1) is 59.6. The van der Waals surface area contributed by atoms with Gasteiger partial charge in [-0.05, 0) is 51.4 Å². The number of esters is 1. The van der Waals surface area contributed by atoms with Crippen molar-refractivity contribution in [3.8, 4) is 0 Å². The van der Waals surface area contributed by atoms with Crippen molar-refractivity contribution in [1.82, 2.24) is 5.32 Å². The van der Waals surface area contributed by atoms with Gasteiger partial charge in [0.1, 0.15) is 6.10 Å². The summed E-state index contributed by atoms with van der Waals surface area (Å²) in [5.74, 6) is -0.457. The molecule has 362 valence electrons. The van der Waals surface area contributed by atoms with Crippen LogP contribution >= 0.6 is 0 Å². The van der Waals surface area contributed by atoms with E-state index in [0.29, 0.717) is 19.3 Å². The van der Waals surface area contributed by atoms with Crippen LogP contribution in [0.5, 0.6) is 0 Å². The van der Waals surface area contributed by atoms with E-state index in [1.807, 2.05) is 0 Å². The van der Waals surface area contributed by atoms with Crippen LogP contribution in [0, 0.1) is 0 Å². The van der Waals surface area contributed by atoms with Gasteiger partial charge in [-0.1, -0.05) is 251 Å². The average Bonchev–Trinajstić information content (AvgIpc) is 3.25. The van der Waals surface area contributed by atoms with E-state index in [-0.39, 0.29) is 24.9 Å². The number of rotatable bonds is 50. The summed E-state index contributed by atoms with van der Waals surface area (Å²) in [6, 6.07) is -0.694. The van der Waals surface area contributed by atoms with Gasteiger partial charge in [0.2, 0.25) is 5.91 Å². The van der Waals surface area contributed by atoms with Gasteiger partial charge in [0.05, 0.1) is 25.2 Å². The molecule has 0 aromatic carbocycles. The molecule has 3 N–H and O–H groups in total. The van der Waals surface area contributed by atoms with Gasteiger partial charge in [0.25, 0.3) is 0 Å². The Kier molecular flexibility index (Phi) is 48.5. The molecule has 0 spiro atoms. The molecule has 0 rings (SSSR count). The first-order valence-electron chi connectivity index (χ1n) is 27.4. The van der Waals surface area contributed by atoms with Crippen LogP contribution in [-0.2, 0) is 14.3 Å². The molecule has 3 unspecified atom stereocenters. The minimum absolute atomic E-state index is 0.0842. The van der Waals surface area contributed by atoms with E-state index in [4.69, 9.17) is 4.74 Å². The molecule has 0 saturated heterocycles. The molecular formula is C55H107NO5. The number of allylic oxidation sites excluding steroid dienone is 2. The van der Waals surface area contributed by atoms with Gasteiger partial charge in [-0.2, -0.15) is 0 Å². The Hall–Kier alpha value is -1.40. The molecule has 61 heavy (non-hydrogen) atoms. The van der Waals surface area contributed by atoms with Gasteiger partial charge >= 0.3 is 5.97 Å². The maximum Gasteiger partial charge on any atom is 0.306 e. The van der Waals surface area contributed by atoms with Gasteiger partial charge in [0, 0.05) is 6.42 Å². The Morgan fingerprint density at radius 3 is 1.16 bits per heavy atom. The minimum atomic E-state index is -0.780. The number of amides is 1. The van der Waals surface area contributed by atoms with Crippen molar-refractivity contribution in [1.29, 1.82) is 0 Å². The van der Waals surface area contributed by atoms with Gasteiger partial charge in [-0.3, -0.25) is 9.59 Å². The number of carbonyl (C=O) groups excluding carboxylic acids is 2. The first-order valence-corrected chi connectivity index (χ1v) is 27.4. The molecule has 0 bridgehead atoms. The summed E-state index contributed by atoms with van der Waals surface area (Å²) in [7, 11) is 0. The maximum absolute atomic E-state index is 13.2. The largest absolute Gasteiger partial charge is 0.462 e. The van der Waals surface area contributed by atoms with Crippen molar-refractivity contribution in [2.45, 2.75) is 322 Å². The molecular weight excluding hydrogens is 755 g/mol. The number of unbranched alkanes of at least 4 members (excludes halogenated alkanes) is 36. The Morgan fingerprint density at radius 2 is 0.787 bits per heavy atom. The van der Waals surface area contributed by atoms with Gasteiger partial charge in [0.15, 0.2) is 0 Å². The molecule has 0 aliphatic rings. The lowest BCUT2D eigenvalue weighted by molar-refractivity contribution is -0.151. The normalized spacial score (nSPS) is 13.2. The third-order valence-corrected chi connectivity index (χ3v) is 12.8. The third kappa shape index (κ3) is 45.0. The smallest absolute Gasteiger partial charge is 0.306 e. The first-order chi connectivity index (χ1) is 30.0. The molecule has 0 radical (unpaired) electrons. The summed E-state index contributed by atoms with van der Waals surface area (Å²) in [4.78, 5) is 26.2. The number of carbonyl (C=O) groups is 2. The molecule has 0 aliphatic carbocycles. The summed E-state index contributed by atoms with van der Waals surface area (Å²) < 4.78 is 5.95. The Labute approximate surface area is 380 Å². The quantitative estimate of drug-likeness (QED) is 0.0322.